The van der Waals surface area contributed by atoms with E-state index < -0.39 is 5.97 Å². The number of hydrogen-bond acceptors (Lipinski definition) is 6. The lowest BCUT2D eigenvalue weighted by Gasteiger charge is -2.06. The minimum atomic E-state index is -0.493. The van der Waals surface area contributed by atoms with Crippen molar-refractivity contribution in [2.24, 2.45) is 0 Å². The number of aromatic nitrogens is 5. The average molecular weight is 400 g/mol. The van der Waals surface area contributed by atoms with Gasteiger partial charge in [-0.15, -0.1) is 0 Å². The molecule has 150 valence electrons. The van der Waals surface area contributed by atoms with Gasteiger partial charge in [-0.3, -0.25) is 0 Å². The number of carbonyl (C=O) groups excluding carboxylic acids is 1. The SMILES string of the molecule is CCOC(=O)c1c(N)n(CCc2nc3ccccc3[nH]2)c2nc3ccccc3nc12. The monoisotopic (exact) mass is 400 g/mol. The normalized spacial score (nSPS) is 11.5. The molecule has 0 saturated heterocycles. The number of hydrogen-bond donors (Lipinski definition) is 2. The summed E-state index contributed by atoms with van der Waals surface area (Å²) in [6.45, 7) is 2.51. The van der Waals surface area contributed by atoms with E-state index >= 15 is 0 Å². The van der Waals surface area contributed by atoms with Crippen LogP contribution in [-0.4, -0.2) is 37.1 Å². The molecule has 2 aromatic carbocycles. The molecular weight excluding hydrogens is 380 g/mol. The number of para-hydroxylation sites is 4. The van der Waals surface area contributed by atoms with Gasteiger partial charge in [0.05, 0.1) is 28.7 Å². The Morgan fingerprint density at radius 3 is 2.47 bits per heavy atom. The number of esters is 1. The minimum Gasteiger partial charge on any atom is -0.462 e. The Kier molecular flexibility index (Phi) is 4.31. The maximum Gasteiger partial charge on any atom is 0.344 e. The zero-order chi connectivity index (χ0) is 20.7. The van der Waals surface area contributed by atoms with Gasteiger partial charge in [-0.05, 0) is 31.2 Å². The van der Waals surface area contributed by atoms with Gasteiger partial charge in [-0.2, -0.15) is 0 Å². The van der Waals surface area contributed by atoms with Crippen LogP contribution < -0.4 is 5.73 Å². The lowest BCUT2D eigenvalue weighted by atomic mass is 10.2. The molecule has 0 bridgehead atoms. The molecule has 3 N–H and O–H groups in total. The molecule has 0 aliphatic heterocycles. The van der Waals surface area contributed by atoms with Gasteiger partial charge in [0.15, 0.2) is 5.65 Å². The first-order valence-electron chi connectivity index (χ1n) is 9.81. The number of carbonyl (C=O) groups is 1. The van der Waals surface area contributed by atoms with E-state index in [4.69, 9.17) is 15.5 Å². The topological polar surface area (TPSA) is 112 Å². The first-order valence-corrected chi connectivity index (χ1v) is 9.81. The third-order valence-corrected chi connectivity index (χ3v) is 5.08. The molecule has 0 spiro atoms. The summed E-state index contributed by atoms with van der Waals surface area (Å²) in [7, 11) is 0. The van der Waals surface area contributed by atoms with Crippen molar-refractivity contribution in [2.75, 3.05) is 12.3 Å². The highest BCUT2D eigenvalue weighted by molar-refractivity contribution is 6.08. The lowest BCUT2D eigenvalue weighted by molar-refractivity contribution is 0.0529. The Balaban J connectivity index is 1.61. The smallest absolute Gasteiger partial charge is 0.344 e. The van der Waals surface area contributed by atoms with Crippen molar-refractivity contribution in [3.8, 4) is 0 Å². The molecule has 0 radical (unpaired) electrons. The van der Waals surface area contributed by atoms with Crippen LogP contribution in [0.1, 0.15) is 23.1 Å². The number of H-pyrrole nitrogens is 1. The largest absolute Gasteiger partial charge is 0.462 e. The number of nitrogens with zero attached hydrogens (tertiary/aromatic N) is 4. The zero-order valence-corrected chi connectivity index (χ0v) is 16.4. The quantitative estimate of drug-likeness (QED) is 0.437. The van der Waals surface area contributed by atoms with Crippen LogP contribution in [0.5, 0.6) is 0 Å². The van der Waals surface area contributed by atoms with Crippen molar-refractivity contribution in [1.82, 2.24) is 24.5 Å². The average Bonchev–Trinajstić information content (AvgIpc) is 3.28. The van der Waals surface area contributed by atoms with Crippen molar-refractivity contribution < 1.29 is 9.53 Å². The van der Waals surface area contributed by atoms with Crippen LogP contribution in [0.4, 0.5) is 5.82 Å². The second-order valence-corrected chi connectivity index (χ2v) is 6.97. The fourth-order valence-corrected chi connectivity index (χ4v) is 3.69. The van der Waals surface area contributed by atoms with E-state index in [1.165, 1.54) is 0 Å². The van der Waals surface area contributed by atoms with Crippen LogP contribution in [0.15, 0.2) is 48.5 Å². The molecule has 0 aliphatic carbocycles. The van der Waals surface area contributed by atoms with E-state index in [-0.39, 0.29) is 12.2 Å². The van der Waals surface area contributed by atoms with Gasteiger partial charge in [0.25, 0.3) is 0 Å². The summed E-state index contributed by atoms with van der Waals surface area (Å²) in [6.07, 6.45) is 0.597. The predicted molar refractivity (Wildman–Crippen MR) is 115 cm³/mol. The minimum absolute atomic E-state index is 0.255. The molecule has 8 nitrogen and oxygen atoms in total. The summed E-state index contributed by atoms with van der Waals surface area (Å²) >= 11 is 0. The van der Waals surface area contributed by atoms with Crippen molar-refractivity contribution >= 4 is 45.0 Å². The Labute approximate surface area is 171 Å². The number of anilines is 1. The van der Waals surface area contributed by atoms with Crippen molar-refractivity contribution in [2.45, 2.75) is 19.9 Å². The number of benzene rings is 2. The maximum absolute atomic E-state index is 12.6. The summed E-state index contributed by atoms with van der Waals surface area (Å²) in [6, 6.07) is 15.4. The first kappa shape index (κ1) is 18.1. The Morgan fingerprint density at radius 2 is 1.73 bits per heavy atom. The lowest BCUT2D eigenvalue weighted by Crippen LogP contribution is -2.11. The van der Waals surface area contributed by atoms with E-state index in [1.54, 1.807) is 6.92 Å². The predicted octanol–water partition coefficient (Wildman–Crippen LogP) is 3.46. The molecule has 0 unspecified atom stereocenters. The van der Waals surface area contributed by atoms with Crippen LogP contribution in [0.2, 0.25) is 0 Å². The van der Waals surface area contributed by atoms with Gasteiger partial charge >= 0.3 is 5.97 Å². The number of aryl methyl sites for hydroxylation is 2. The van der Waals surface area contributed by atoms with E-state index in [9.17, 15) is 4.79 Å². The fraction of sp³-hybridized carbons (Fsp3) is 0.182. The number of nitrogens with one attached hydrogen (secondary N) is 1. The second-order valence-electron chi connectivity index (χ2n) is 6.97. The van der Waals surface area contributed by atoms with Gasteiger partial charge in [-0.1, -0.05) is 24.3 Å². The molecular formula is C22H20N6O2. The molecule has 3 heterocycles. The number of fused-ring (bicyclic) bond motifs is 3. The molecule has 3 aromatic heterocycles. The number of nitrogens with two attached hydrogens (primary N) is 1. The number of rotatable bonds is 5. The third kappa shape index (κ3) is 2.93. The Bertz CT molecular complexity index is 1370. The van der Waals surface area contributed by atoms with Gasteiger partial charge in [-0.25, -0.2) is 19.7 Å². The van der Waals surface area contributed by atoms with Crippen LogP contribution in [-0.2, 0) is 17.7 Å². The molecule has 0 saturated carbocycles. The molecule has 30 heavy (non-hydrogen) atoms. The van der Waals surface area contributed by atoms with Crippen LogP contribution in [0.3, 0.4) is 0 Å². The maximum atomic E-state index is 12.6. The van der Waals surface area contributed by atoms with E-state index in [0.29, 0.717) is 35.5 Å². The molecule has 0 amide bonds. The van der Waals surface area contributed by atoms with E-state index in [2.05, 4.69) is 15.0 Å². The van der Waals surface area contributed by atoms with Crippen molar-refractivity contribution in [3.63, 3.8) is 0 Å². The molecule has 0 aliphatic rings. The summed E-state index contributed by atoms with van der Waals surface area (Å²) in [5.41, 5.74) is 11.0. The number of nitrogen functional groups attached to an aromatic ring is 1. The molecule has 0 atom stereocenters. The molecule has 0 fully saturated rings. The zero-order valence-electron chi connectivity index (χ0n) is 16.4. The Morgan fingerprint density at radius 1 is 1.03 bits per heavy atom. The highest BCUT2D eigenvalue weighted by Crippen LogP contribution is 2.29. The van der Waals surface area contributed by atoms with Gasteiger partial charge in [0.2, 0.25) is 0 Å². The molecule has 5 aromatic rings. The van der Waals surface area contributed by atoms with Crippen LogP contribution >= 0.6 is 0 Å². The number of aromatic amines is 1. The van der Waals surface area contributed by atoms with Crippen LogP contribution in [0, 0.1) is 0 Å². The summed E-state index contributed by atoms with van der Waals surface area (Å²) in [5, 5.41) is 0. The molecule has 5 rings (SSSR count). The van der Waals surface area contributed by atoms with Gasteiger partial charge in [0, 0.05) is 13.0 Å². The van der Waals surface area contributed by atoms with Crippen LogP contribution in [0.25, 0.3) is 33.2 Å². The Hall–Kier alpha value is -3.94. The van der Waals surface area contributed by atoms with Crippen molar-refractivity contribution in [1.29, 1.82) is 0 Å². The van der Waals surface area contributed by atoms with E-state index in [0.717, 1.165) is 22.4 Å². The van der Waals surface area contributed by atoms with E-state index in [1.807, 2.05) is 53.1 Å². The number of ether oxygens (including phenoxy) is 1. The highest BCUT2D eigenvalue weighted by Gasteiger charge is 2.25. The standard InChI is InChI=1S/C22H20N6O2/c1-2-30-22(29)18-19-21(27-16-10-6-5-9-15(16)26-19)28(20(18)23)12-11-17-24-13-7-3-4-8-14(13)25-17/h3-10H,2,11-12,23H2,1H3,(H,24,25). The molecule has 8 heteroatoms. The second kappa shape index (κ2) is 7.14. The number of imidazole rings is 1. The fourth-order valence-electron chi connectivity index (χ4n) is 3.69. The summed E-state index contributed by atoms with van der Waals surface area (Å²) < 4.78 is 7.04. The summed E-state index contributed by atoms with van der Waals surface area (Å²) in [5.74, 6) is 0.644. The van der Waals surface area contributed by atoms with Crippen molar-refractivity contribution in [3.05, 3.63) is 59.9 Å². The summed E-state index contributed by atoms with van der Waals surface area (Å²) in [4.78, 5) is 30.0. The van der Waals surface area contributed by atoms with Gasteiger partial charge < -0.3 is 20.0 Å². The third-order valence-electron chi connectivity index (χ3n) is 5.08. The first-order chi connectivity index (χ1) is 14.7. The van der Waals surface area contributed by atoms with Gasteiger partial charge in [0.1, 0.15) is 22.7 Å². The highest BCUT2D eigenvalue weighted by atomic mass is 16.5.